The second kappa shape index (κ2) is 8.02. The van der Waals surface area contributed by atoms with Gasteiger partial charge in [-0.25, -0.2) is 0 Å². The molecule has 1 heterocycles. The molecule has 0 aromatic heterocycles. The van der Waals surface area contributed by atoms with E-state index in [4.69, 9.17) is 14.2 Å². The average Bonchev–Trinajstić information content (AvgIpc) is 3.00. The second-order valence-electron chi connectivity index (χ2n) is 9.22. The molecule has 1 N–H and O–H groups in total. The van der Waals surface area contributed by atoms with E-state index in [0.29, 0.717) is 24.9 Å². The number of hydrogen-bond donors (Lipinski definition) is 1. The van der Waals surface area contributed by atoms with E-state index in [2.05, 4.69) is 18.8 Å². The Kier molecular flexibility index (Phi) is 5.60. The van der Waals surface area contributed by atoms with Gasteiger partial charge in [-0.1, -0.05) is 25.1 Å². The molecule has 2 saturated carbocycles. The van der Waals surface area contributed by atoms with Crippen molar-refractivity contribution in [1.82, 2.24) is 5.32 Å². The maximum Gasteiger partial charge on any atom is 0.310 e. The van der Waals surface area contributed by atoms with E-state index in [-0.39, 0.29) is 23.4 Å². The van der Waals surface area contributed by atoms with E-state index in [0.717, 1.165) is 36.3 Å². The fourth-order valence-electron chi connectivity index (χ4n) is 5.85. The van der Waals surface area contributed by atoms with E-state index in [1.807, 2.05) is 18.2 Å². The molecule has 5 atom stereocenters. The number of esters is 1. The molecule has 0 unspecified atom stereocenters. The lowest BCUT2D eigenvalue weighted by atomic mass is 9.55. The quantitative estimate of drug-likeness (QED) is 0.576. The van der Waals surface area contributed by atoms with Crippen LogP contribution in [0.1, 0.15) is 44.6 Å². The normalized spacial score (nSPS) is 33.6. The summed E-state index contributed by atoms with van der Waals surface area (Å²) in [4.78, 5) is 12.6. The first-order valence-electron chi connectivity index (χ1n) is 10.7. The van der Waals surface area contributed by atoms with Gasteiger partial charge in [0.05, 0.1) is 20.1 Å². The number of hydrogen-bond acceptors (Lipinski definition) is 5. The Bertz CT molecular complexity index is 791. The minimum Gasteiger partial charge on any atom is -0.493 e. The number of benzene rings is 1. The summed E-state index contributed by atoms with van der Waals surface area (Å²) < 4.78 is 16.5. The number of rotatable bonds is 6. The van der Waals surface area contributed by atoms with Crippen LogP contribution in [-0.4, -0.2) is 32.8 Å². The Morgan fingerprint density at radius 1 is 1.28 bits per heavy atom. The number of carbonyl (C=O) groups is 1. The highest BCUT2D eigenvalue weighted by atomic mass is 16.6. The van der Waals surface area contributed by atoms with Gasteiger partial charge in [0.1, 0.15) is 6.10 Å². The zero-order chi connectivity index (χ0) is 20.6. The van der Waals surface area contributed by atoms with Crippen molar-refractivity contribution in [3.8, 4) is 11.5 Å². The maximum atomic E-state index is 12.6. The molecule has 158 valence electrons. The fraction of sp³-hybridized carbons (Fsp3) is 0.625. The molecule has 0 spiro atoms. The third kappa shape index (κ3) is 3.77. The lowest BCUT2D eigenvalue weighted by Crippen LogP contribution is -2.45. The third-order valence-electron chi connectivity index (χ3n) is 7.46. The molecule has 1 aliphatic heterocycles. The molecule has 3 aliphatic rings. The summed E-state index contributed by atoms with van der Waals surface area (Å²) >= 11 is 0. The molecule has 1 saturated heterocycles. The predicted octanol–water partition coefficient (Wildman–Crippen LogP) is 4.11. The number of allylic oxidation sites excluding steroid dienone is 1. The summed E-state index contributed by atoms with van der Waals surface area (Å²) in [6.45, 7) is 8.06. The highest BCUT2D eigenvalue weighted by Gasteiger charge is 2.54. The second-order valence-corrected chi connectivity index (χ2v) is 9.22. The smallest absolute Gasteiger partial charge is 0.310 e. The van der Waals surface area contributed by atoms with Crippen LogP contribution in [0.5, 0.6) is 11.5 Å². The average molecular weight is 400 g/mol. The fourth-order valence-corrected chi connectivity index (χ4v) is 5.85. The van der Waals surface area contributed by atoms with Crippen molar-refractivity contribution in [2.24, 2.45) is 23.2 Å². The summed E-state index contributed by atoms with van der Waals surface area (Å²) in [5, 5.41) is 3.47. The zero-order valence-electron chi connectivity index (χ0n) is 17.8. The van der Waals surface area contributed by atoms with Gasteiger partial charge in [0.2, 0.25) is 0 Å². The predicted molar refractivity (Wildman–Crippen MR) is 112 cm³/mol. The number of nitrogens with one attached hydrogen (secondary N) is 1. The van der Waals surface area contributed by atoms with Crippen molar-refractivity contribution < 1.29 is 19.0 Å². The van der Waals surface area contributed by atoms with Crippen molar-refractivity contribution >= 4 is 5.97 Å². The molecule has 2 aliphatic carbocycles. The van der Waals surface area contributed by atoms with Crippen LogP contribution >= 0.6 is 0 Å². The van der Waals surface area contributed by atoms with E-state index in [1.54, 1.807) is 14.2 Å². The number of ether oxygens (including phenoxy) is 3. The van der Waals surface area contributed by atoms with Gasteiger partial charge < -0.3 is 19.5 Å². The van der Waals surface area contributed by atoms with Crippen molar-refractivity contribution in [2.45, 2.75) is 51.7 Å². The first kappa shape index (κ1) is 20.3. The minimum absolute atomic E-state index is 0.0346. The van der Waals surface area contributed by atoms with Gasteiger partial charge in [0, 0.05) is 19.0 Å². The molecule has 0 amide bonds. The first-order valence-corrected chi connectivity index (χ1v) is 10.7. The largest absolute Gasteiger partial charge is 0.493 e. The summed E-state index contributed by atoms with van der Waals surface area (Å²) in [5.41, 5.74) is 2.73. The third-order valence-corrected chi connectivity index (χ3v) is 7.46. The Hall–Kier alpha value is -2.01. The maximum absolute atomic E-state index is 12.6. The van der Waals surface area contributed by atoms with Crippen LogP contribution in [0.25, 0.3) is 0 Å². The van der Waals surface area contributed by atoms with Crippen LogP contribution in [0.4, 0.5) is 0 Å². The first-order chi connectivity index (χ1) is 13.9. The van der Waals surface area contributed by atoms with E-state index >= 15 is 0 Å². The van der Waals surface area contributed by atoms with Crippen LogP contribution in [0.3, 0.4) is 0 Å². The molecular weight excluding hydrogens is 366 g/mol. The highest BCUT2D eigenvalue weighted by Crippen LogP contribution is 2.56. The van der Waals surface area contributed by atoms with Gasteiger partial charge >= 0.3 is 5.97 Å². The van der Waals surface area contributed by atoms with Gasteiger partial charge in [-0.2, -0.15) is 0 Å². The Labute approximate surface area is 173 Å². The number of carbonyl (C=O) groups excluding carboxylic acids is 1. The van der Waals surface area contributed by atoms with Crippen LogP contribution in [-0.2, 0) is 16.1 Å². The zero-order valence-corrected chi connectivity index (χ0v) is 17.8. The van der Waals surface area contributed by atoms with Crippen molar-refractivity contribution in [3.05, 3.63) is 35.9 Å². The molecule has 1 aromatic rings. The molecule has 0 bridgehead atoms. The van der Waals surface area contributed by atoms with Crippen LogP contribution in [0.15, 0.2) is 30.4 Å². The highest BCUT2D eigenvalue weighted by molar-refractivity contribution is 5.75. The SMILES string of the molecule is C=C1CCC[C@@]2(C)C[C@H]3OC(=O)[C@@H](CNCc4ccc(OC)c(OC)c4)[C@@H]3C[C@@H]12. The van der Waals surface area contributed by atoms with Gasteiger partial charge in [0.25, 0.3) is 0 Å². The summed E-state index contributed by atoms with van der Waals surface area (Å²) in [6, 6.07) is 5.90. The van der Waals surface area contributed by atoms with Crippen LogP contribution < -0.4 is 14.8 Å². The minimum atomic E-state index is -0.0700. The monoisotopic (exact) mass is 399 g/mol. The molecule has 5 nitrogen and oxygen atoms in total. The Morgan fingerprint density at radius 3 is 2.83 bits per heavy atom. The standard InChI is InChI=1S/C24H33NO4/c1-15-6-5-9-24(2)12-22-17(11-19(15)24)18(23(26)29-22)14-25-13-16-7-8-20(27-3)21(10-16)28-4/h7-8,10,17-19,22,25H,1,5-6,9,11-14H2,2-4H3/t17-,18-,19-,22+,24-/m0/s1. The lowest BCUT2D eigenvalue weighted by molar-refractivity contribution is -0.146. The Balaban J connectivity index is 1.39. The van der Waals surface area contributed by atoms with E-state index < -0.39 is 0 Å². The summed E-state index contributed by atoms with van der Waals surface area (Å²) in [7, 11) is 3.27. The topological polar surface area (TPSA) is 56.8 Å². The van der Waals surface area contributed by atoms with Crippen LogP contribution in [0.2, 0.25) is 0 Å². The van der Waals surface area contributed by atoms with E-state index in [9.17, 15) is 4.79 Å². The number of methoxy groups -OCH3 is 2. The van der Waals surface area contributed by atoms with Gasteiger partial charge in [-0.05, 0) is 61.1 Å². The van der Waals surface area contributed by atoms with Crippen LogP contribution in [0, 0.1) is 23.2 Å². The lowest BCUT2D eigenvalue weighted by Gasteiger charge is -2.50. The molecule has 3 fully saturated rings. The molecule has 0 radical (unpaired) electrons. The molecule has 29 heavy (non-hydrogen) atoms. The van der Waals surface area contributed by atoms with Crippen molar-refractivity contribution in [3.63, 3.8) is 0 Å². The van der Waals surface area contributed by atoms with Gasteiger partial charge in [-0.3, -0.25) is 4.79 Å². The molecule has 5 heteroatoms. The molecule has 1 aromatic carbocycles. The summed E-state index contributed by atoms with van der Waals surface area (Å²) in [6.07, 6.45) is 5.66. The van der Waals surface area contributed by atoms with Crippen molar-refractivity contribution in [1.29, 1.82) is 0 Å². The van der Waals surface area contributed by atoms with Crippen molar-refractivity contribution in [2.75, 3.05) is 20.8 Å². The summed E-state index contributed by atoms with van der Waals surface area (Å²) in [5.74, 6) is 2.16. The Morgan fingerprint density at radius 2 is 2.07 bits per heavy atom. The molecule has 4 rings (SSSR count). The number of fused-ring (bicyclic) bond motifs is 2. The van der Waals surface area contributed by atoms with Gasteiger partial charge in [0.15, 0.2) is 11.5 Å². The van der Waals surface area contributed by atoms with Gasteiger partial charge in [-0.15, -0.1) is 0 Å². The molecular formula is C24H33NO4. The van der Waals surface area contributed by atoms with E-state index in [1.165, 1.54) is 18.4 Å².